The first kappa shape index (κ1) is 15.4. The molecule has 0 aliphatic rings. The molecule has 0 rings (SSSR count). The van der Waals surface area contributed by atoms with Crippen LogP contribution in [0.2, 0.25) is 0 Å². The van der Waals surface area contributed by atoms with E-state index < -0.39 is 5.97 Å². The van der Waals surface area contributed by atoms with Crippen molar-refractivity contribution in [3.05, 3.63) is 0 Å². The molecule has 0 aromatic carbocycles. The maximum absolute atomic E-state index is 10.5. The first-order chi connectivity index (χ1) is 7.32. The van der Waals surface area contributed by atoms with E-state index >= 15 is 0 Å². The van der Waals surface area contributed by atoms with Crippen molar-refractivity contribution in [1.29, 1.82) is 0 Å². The van der Waals surface area contributed by atoms with E-state index in [9.17, 15) is 4.79 Å². The van der Waals surface area contributed by atoms with Gasteiger partial charge in [-0.1, -0.05) is 27.7 Å². The third-order valence-corrected chi connectivity index (χ3v) is 2.79. The summed E-state index contributed by atoms with van der Waals surface area (Å²) in [6.45, 7) is 9.53. The maximum atomic E-state index is 10.5. The van der Waals surface area contributed by atoms with Crippen molar-refractivity contribution in [2.24, 2.45) is 11.8 Å². The average Bonchev–Trinajstić information content (AvgIpc) is 2.11. The van der Waals surface area contributed by atoms with Crippen LogP contribution in [-0.2, 0) is 4.79 Å². The van der Waals surface area contributed by atoms with E-state index in [0.29, 0.717) is 24.4 Å². The van der Waals surface area contributed by atoms with Gasteiger partial charge in [0.1, 0.15) is 0 Å². The van der Waals surface area contributed by atoms with Gasteiger partial charge in [0.15, 0.2) is 0 Å². The summed E-state index contributed by atoms with van der Waals surface area (Å²) in [5.41, 5.74) is 0. The normalized spacial score (nSPS) is 12.1. The van der Waals surface area contributed by atoms with Crippen molar-refractivity contribution < 1.29 is 9.90 Å². The summed E-state index contributed by atoms with van der Waals surface area (Å²) in [6.07, 6.45) is 2.53. The van der Waals surface area contributed by atoms with E-state index in [4.69, 9.17) is 5.11 Å². The molecule has 0 saturated carbocycles. The quantitative estimate of drug-likeness (QED) is 0.695. The molecule has 0 radical (unpaired) electrons. The molecule has 0 aromatic rings. The zero-order valence-electron chi connectivity index (χ0n) is 11.4. The van der Waals surface area contributed by atoms with Crippen LogP contribution in [0.1, 0.15) is 47.0 Å². The lowest BCUT2D eigenvalue weighted by molar-refractivity contribution is -0.137. The Balaban J connectivity index is 4.19. The number of hydrogen-bond donors (Lipinski definition) is 1. The average molecular weight is 229 g/mol. The van der Waals surface area contributed by atoms with Crippen LogP contribution in [0.3, 0.4) is 0 Å². The van der Waals surface area contributed by atoms with Gasteiger partial charge in [0, 0.05) is 12.6 Å². The second-order valence-electron chi connectivity index (χ2n) is 5.54. The van der Waals surface area contributed by atoms with Crippen molar-refractivity contribution in [2.45, 2.75) is 53.0 Å². The number of carboxylic acids is 1. The molecule has 0 unspecified atom stereocenters. The van der Waals surface area contributed by atoms with Crippen molar-refractivity contribution >= 4 is 5.97 Å². The molecule has 0 aliphatic heterocycles. The van der Waals surface area contributed by atoms with Gasteiger partial charge < -0.3 is 10.0 Å². The molecule has 16 heavy (non-hydrogen) atoms. The van der Waals surface area contributed by atoms with Crippen molar-refractivity contribution in [2.75, 3.05) is 13.6 Å². The van der Waals surface area contributed by atoms with Gasteiger partial charge in [0.05, 0.1) is 6.42 Å². The minimum atomic E-state index is -0.709. The lowest BCUT2D eigenvalue weighted by atomic mass is 9.94. The summed E-state index contributed by atoms with van der Waals surface area (Å²) < 4.78 is 0. The minimum Gasteiger partial charge on any atom is -0.481 e. The Morgan fingerprint density at radius 1 is 1.12 bits per heavy atom. The summed E-state index contributed by atoms with van der Waals surface area (Å²) >= 11 is 0. The highest BCUT2D eigenvalue weighted by molar-refractivity contribution is 5.66. The van der Waals surface area contributed by atoms with E-state index in [1.807, 2.05) is 7.05 Å². The van der Waals surface area contributed by atoms with E-state index in [1.165, 1.54) is 0 Å². The van der Waals surface area contributed by atoms with Crippen molar-refractivity contribution in [3.63, 3.8) is 0 Å². The molecule has 0 amide bonds. The van der Waals surface area contributed by atoms with Crippen LogP contribution in [0.15, 0.2) is 0 Å². The molecule has 3 nitrogen and oxygen atoms in total. The summed E-state index contributed by atoms with van der Waals surface area (Å²) in [4.78, 5) is 12.7. The van der Waals surface area contributed by atoms with Crippen molar-refractivity contribution in [3.8, 4) is 0 Å². The van der Waals surface area contributed by atoms with Gasteiger partial charge in [0.2, 0.25) is 0 Å². The van der Waals surface area contributed by atoms with Crippen LogP contribution >= 0.6 is 0 Å². The van der Waals surface area contributed by atoms with Gasteiger partial charge in [-0.15, -0.1) is 0 Å². The number of rotatable bonds is 8. The Labute approximate surface area is 99.8 Å². The first-order valence-corrected chi connectivity index (χ1v) is 6.25. The maximum Gasteiger partial charge on any atom is 0.304 e. The Bertz CT molecular complexity index is 192. The van der Waals surface area contributed by atoms with Crippen LogP contribution in [0.5, 0.6) is 0 Å². The molecule has 0 saturated heterocycles. The molecule has 0 atom stereocenters. The molecule has 0 aliphatic carbocycles. The van der Waals surface area contributed by atoms with Crippen LogP contribution < -0.4 is 0 Å². The molecule has 0 spiro atoms. The zero-order chi connectivity index (χ0) is 12.7. The Kier molecular flexibility index (Phi) is 7.39. The molecule has 0 heterocycles. The van der Waals surface area contributed by atoms with Gasteiger partial charge in [-0.3, -0.25) is 4.79 Å². The zero-order valence-corrected chi connectivity index (χ0v) is 11.4. The lowest BCUT2D eigenvalue weighted by Crippen LogP contribution is -2.35. The van der Waals surface area contributed by atoms with E-state index in [-0.39, 0.29) is 6.42 Å². The molecule has 0 fully saturated rings. The highest BCUT2D eigenvalue weighted by Gasteiger charge is 2.18. The van der Waals surface area contributed by atoms with Crippen LogP contribution in [0.25, 0.3) is 0 Å². The standard InChI is InChI=1S/C13H27NO2/c1-10(2)8-12(9-11(3)4)14(5)7-6-13(15)16/h10-12H,6-9H2,1-5H3,(H,15,16). The number of carbonyl (C=O) groups is 1. The molecule has 96 valence electrons. The predicted molar refractivity (Wildman–Crippen MR) is 67.6 cm³/mol. The molecule has 0 bridgehead atoms. The molecule has 1 N–H and O–H groups in total. The molecule has 3 heteroatoms. The lowest BCUT2D eigenvalue weighted by Gasteiger charge is -2.30. The SMILES string of the molecule is CC(C)CC(CC(C)C)N(C)CCC(=O)O. The second-order valence-corrected chi connectivity index (χ2v) is 5.54. The van der Waals surface area contributed by atoms with Gasteiger partial charge in [-0.25, -0.2) is 0 Å². The van der Waals surface area contributed by atoms with Gasteiger partial charge in [0.25, 0.3) is 0 Å². The predicted octanol–water partition coefficient (Wildman–Crippen LogP) is 2.85. The van der Waals surface area contributed by atoms with Crippen LogP contribution in [0, 0.1) is 11.8 Å². The van der Waals surface area contributed by atoms with E-state index in [2.05, 4.69) is 32.6 Å². The van der Waals surface area contributed by atoms with E-state index in [1.54, 1.807) is 0 Å². The monoisotopic (exact) mass is 229 g/mol. The summed E-state index contributed by atoms with van der Waals surface area (Å²) in [5.74, 6) is 0.617. The number of aliphatic carboxylic acids is 1. The van der Waals surface area contributed by atoms with Crippen LogP contribution in [-0.4, -0.2) is 35.6 Å². The van der Waals surface area contributed by atoms with Gasteiger partial charge in [-0.05, 0) is 31.7 Å². The van der Waals surface area contributed by atoms with E-state index in [0.717, 1.165) is 12.8 Å². The number of nitrogens with zero attached hydrogens (tertiary/aromatic N) is 1. The molecular weight excluding hydrogens is 202 g/mol. The largest absolute Gasteiger partial charge is 0.481 e. The molecule has 0 aromatic heterocycles. The smallest absolute Gasteiger partial charge is 0.304 e. The summed E-state index contributed by atoms with van der Waals surface area (Å²) in [7, 11) is 2.04. The fraction of sp³-hybridized carbons (Fsp3) is 0.923. The molecular formula is C13H27NO2. The van der Waals surface area contributed by atoms with Crippen molar-refractivity contribution in [1.82, 2.24) is 4.90 Å². The highest BCUT2D eigenvalue weighted by atomic mass is 16.4. The summed E-state index contributed by atoms with van der Waals surface area (Å²) in [6, 6.07) is 0.513. The summed E-state index contributed by atoms with van der Waals surface area (Å²) in [5, 5.41) is 8.68. The fourth-order valence-electron chi connectivity index (χ4n) is 2.00. The third-order valence-electron chi connectivity index (χ3n) is 2.79. The van der Waals surface area contributed by atoms with Gasteiger partial charge in [-0.2, -0.15) is 0 Å². The fourth-order valence-corrected chi connectivity index (χ4v) is 2.00. The third kappa shape index (κ3) is 7.69. The Morgan fingerprint density at radius 3 is 1.88 bits per heavy atom. The van der Waals surface area contributed by atoms with Crippen LogP contribution in [0.4, 0.5) is 0 Å². The Morgan fingerprint density at radius 2 is 1.56 bits per heavy atom. The second kappa shape index (κ2) is 7.66. The number of carboxylic acid groups (broad SMARTS) is 1. The topological polar surface area (TPSA) is 40.5 Å². The Hall–Kier alpha value is -0.570. The number of hydrogen-bond acceptors (Lipinski definition) is 2. The van der Waals surface area contributed by atoms with Gasteiger partial charge >= 0.3 is 5.97 Å². The minimum absolute atomic E-state index is 0.239. The first-order valence-electron chi connectivity index (χ1n) is 6.25. The highest BCUT2D eigenvalue weighted by Crippen LogP contribution is 2.18.